The topological polar surface area (TPSA) is 42.3 Å². The van der Waals surface area contributed by atoms with Gasteiger partial charge in [-0.1, -0.05) is 0 Å². The van der Waals surface area contributed by atoms with Crippen LogP contribution in [0, 0.1) is 0 Å². The number of ether oxygens (including phenoxy) is 1. The smallest absolute Gasteiger partial charge is 0.0608 e. The van der Waals surface area contributed by atoms with E-state index in [1.807, 2.05) is 24.0 Å². The van der Waals surface area contributed by atoms with Gasteiger partial charge in [0.15, 0.2) is 0 Å². The van der Waals surface area contributed by atoms with Crippen LogP contribution in [0.3, 0.4) is 0 Å². The van der Waals surface area contributed by atoms with Crippen LogP contribution in [0.25, 0.3) is 0 Å². The minimum absolute atomic E-state index is 0.818. The van der Waals surface area contributed by atoms with E-state index in [1.165, 1.54) is 5.69 Å². The van der Waals surface area contributed by atoms with Gasteiger partial charge in [0, 0.05) is 26.3 Å². The van der Waals surface area contributed by atoms with Gasteiger partial charge < -0.3 is 4.74 Å². The molecule has 0 spiro atoms. The number of nitrogens with zero attached hydrogens (tertiary/aromatic N) is 3. The number of hydrogen-bond acceptors (Lipinski definition) is 4. The van der Waals surface area contributed by atoms with Crippen molar-refractivity contribution in [3.63, 3.8) is 0 Å². The van der Waals surface area contributed by atoms with Crippen molar-refractivity contribution in [1.29, 1.82) is 0 Å². The summed E-state index contributed by atoms with van der Waals surface area (Å²) in [5.41, 5.74) is 4.55. The minimum atomic E-state index is 0.818. The number of nitrogens with one attached hydrogen (secondary N) is 1. The standard InChI is InChI=1S/C9H16N4O/c1-12-9(2-3-10-12)8-11-13-4-6-14-7-5-13/h2-3,11H,4-8H2,1H3. The first-order chi connectivity index (χ1) is 6.86. The lowest BCUT2D eigenvalue weighted by Gasteiger charge is -2.27. The van der Waals surface area contributed by atoms with Crippen molar-refractivity contribution in [2.24, 2.45) is 7.05 Å². The van der Waals surface area contributed by atoms with Gasteiger partial charge >= 0.3 is 0 Å². The van der Waals surface area contributed by atoms with Crippen molar-refractivity contribution in [1.82, 2.24) is 20.2 Å². The van der Waals surface area contributed by atoms with Crippen molar-refractivity contribution in [2.75, 3.05) is 26.3 Å². The SMILES string of the molecule is Cn1nccc1CNN1CCOCC1. The fourth-order valence-electron chi connectivity index (χ4n) is 1.49. The Morgan fingerprint density at radius 1 is 1.50 bits per heavy atom. The summed E-state index contributed by atoms with van der Waals surface area (Å²) in [5.74, 6) is 0. The Hall–Kier alpha value is -0.910. The molecule has 0 unspecified atom stereocenters. The van der Waals surface area contributed by atoms with E-state index >= 15 is 0 Å². The van der Waals surface area contributed by atoms with Gasteiger partial charge in [0.2, 0.25) is 0 Å². The number of aromatic nitrogens is 2. The lowest BCUT2D eigenvalue weighted by molar-refractivity contribution is 0.0102. The van der Waals surface area contributed by atoms with Gasteiger partial charge in [0.05, 0.1) is 25.5 Å². The number of hydrogen-bond donors (Lipinski definition) is 1. The van der Waals surface area contributed by atoms with Crippen molar-refractivity contribution < 1.29 is 4.74 Å². The second-order valence-electron chi connectivity index (χ2n) is 3.38. The Bertz CT molecular complexity index is 280. The number of morpholine rings is 1. The van der Waals surface area contributed by atoms with Crippen molar-refractivity contribution >= 4 is 0 Å². The van der Waals surface area contributed by atoms with Gasteiger partial charge in [-0.05, 0) is 6.07 Å². The van der Waals surface area contributed by atoms with Gasteiger partial charge in [0.25, 0.3) is 0 Å². The van der Waals surface area contributed by atoms with Crippen LogP contribution >= 0.6 is 0 Å². The molecule has 5 heteroatoms. The maximum Gasteiger partial charge on any atom is 0.0608 e. The van der Waals surface area contributed by atoms with Crippen LogP contribution in [0.5, 0.6) is 0 Å². The highest BCUT2D eigenvalue weighted by Crippen LogP contribution is 1.98. The van der Waals surface area contributed by atoms with Crippen LogP contribution in [0.4, 0.5) is 0 Å². The van der Waals surface area contributed by atoms with Crippen LogP contribution in [0.15, 0.2) is 12.3 Å². The van der Waals surface area contributed by atoms with E-state index in [4.69, 9.17) is 4.74 Å². The van der Waals surface area contributed by atoms with Gasteiger partial charge in [-0.25, -0.2) is 10.4 Å². The van der Waals surface area contributed by atoms with E-state index in [2.05, 4.69) is 15.5 Å². The predicted octanol–water partition coefficient (Wildman–Crippen LogP) is -0.243. The lowest BCUT2D eigenvalue weighted by Crippen LogP contribution is -2.45. The number of hydrazine groups is 1. The van der Waals surface area contributed by atoms with Crippen molar-refractivity contribution in [3.05, 3.63) is 18.0 Å². The molecule has 1 aromatic rings. The van der Waals surface area contributed by atoms with Crippen LogP contribution in [-0.2, 0) is 18.3 Å². The Morgan fingerprint density at radius 3 is 2.93 bits per heavy atom. The maximum absolute atomic E-state index is 5.26. The minimum Gasteiger partial charge on any atom is -0.379 e. The Balaban J connectivity index is 1.79. The second-order valence-corrected chi connectivity index (χ2v) is 3.38. The normalized spacial score (nSPS) is 18.6. The maximum atomic E-state index is 5.26. The summed E-state index contributed by atoms with van der Waals surface area (Å²) in [6.07, 6.45) is 1.82. The highest BCUT2D eigenvalue weighted by molar-refractivity contribution is 4.98. The molecule has 1 N–H and O–H groups in total. The lowest BCUT2D eigenvalue weighted by atomic mass is 10.4. The summed E-state index contributed by atoms with van der Waals surface area (Å²) in [4.78, 5) is 0. The largest absolute Gasteiger partial charge is 0.379 e. The molecular formula is C9H16N4O. The molecule has 0 radical (unpaired) electrons. The molecule has 1 aliphatic heterocycles. The molecule has 5 nitrogen and oxygen atoms in total. The second kappa shape index (κ2) is 4.54. The summed E-state index contributed by atoms with van der Waals surface area (Å²) < 4.78 is 7.14. The zero-order valence-electron chi connectivity index (χ0n) is 8.44. The van der Waals surface area contributed by atoms with E-state index < -0.39 is 0 Å². The fraction of sp³-hybridized carbons (Fsp3) is 0.667. The zero-order valence-corrected chi connectivity index (χ0v) is 8.44. The Kier molecular flexibility index (Phi) is 3.13. The van der Waals surface area contributed by atoms with E-state index in [9.17, 15) is 0 Å². The molecule has 1 aromatic heterocycles. The first kappa shape index (κ1) is 9.64. The molecule has 1 aliphatic rings. The van der Waals surface area contributed by atoms with E-state index in [0.717, 1.165) is 32.8 Å². The molecule has 14 heavy (non-hydrogen) atoms. The fourth-order valence-corrected chi connectivity index (χ4v) is 1.49. The molecule has 0 aliphatic carbocycles. The van der Waals surface area contributed by atoms with Gasteiger partial charge in [-0.15, -0.1) is 0 Å². The third kappa shape index (κ3) is 2.31. The summed E-state index contributed by atoms with van der Waals surface area (Å²) >= 11 is 0. The number of rotatable bonds is 3. The van der Waals surface area contributed by atoms with Crippen LogP contribution in [0.2, 0.25) is 0 Å². The quantitative estimate of drug-likeness (QED) is 0.724. The van der Waals surface area contributed by atoms with Crippen molar-refractivity contribution in [3.8, 4) is 0 Å². The van der Waals surface area contributed by atoms with Crippen LogP contribution in [0.1, 0.15) is 5.69 Å². The summed E-state index contributed by atoms with van der Waals surface area (Å²) in [5, 5.41) is 6.30. The molecule has 0 bridgehead atoms. The number of aryl methyl sites for hydroxylation is 1. The Morgan fingerprint density at radius 2 is 2.29 bits per heavy atom. The molecule has 1 saturated heterocycles. The molecule has 0 atom stereocenters. The van der Waals surface area contributed by atoms with E-state index in [1.54, 1.807) is 0 Å². The molecule has 78 valence electrons. The Labute approximate surface area is 83.6 Å². The molecular weight excluding hydrogens is 180 g/mol. The molecule has 0 saturated carbocycles. The first-order valence-electron chi connectivity index (χ1n) is 4.89. The average Bonchev–Trinajstić information content (AvgIpc) is 2.63. The molecule has 0 aromatic carbocycles. The van der Waals surface area contributed by atoms with Crippen molar-refractivity contribution in [2.45, 2.75) is 6.54 Å². The van der Waals surface area contributed by atoms with Gasteiger partial charge in [-0.2, -0.15) is 5.10 Å². The molecule has 1 fully saturated rings. The molecule has 0 amide bonds. The molecule has 2 rings (SSSR count). The van der Waals surface area contributed by atoms with E-state index in [0.29, 0.717) is 0 Å². The van der Waals surface area contributed by atoms with E-state index in [-0.39, 0.29) is 0 Å². The summed E-state index contributed by atoms with van der Waals surface area (Å²) in [7, 11) is 1.95. The summed E-state index contributed by atoms with van der Waals surface area (Å²) in [6, 6.07) is 2.02. The third-order valence-electron chi connectivity index (χ3n) is 2.42. The monoisotopic (exact) mass is 196 g/mol. The van der Waals surface area contributed by atoms with Gasteiger partial charge in [-0.3, -0.25) is 4.68 Å². The highest BCUT2D eigenvalue weighted by Gasteiger charge is 2.09. The van der Waals surface area contributed by atoms with Gasteiger partial charge in [0.1, 0.15) is 0 Å². The van der Waals surface area contributed by atoms with Crippen LogP contribution < -0.4 is 5.43 Å². The highest BCUT2D eigenvalue weighted by atomic mass is 16.5. The third-order valence-corrected chi connectivity index (χ3v) is 2.42. The first-order valence-corrected chi connectivity index (χ1v) is 4.89. The zero-order chi connectivity index (χ0) is 9.80. The average molecular weight is 196 g/mol. The summed E-state index contributed by atoms with van der Waals surface area (Å²) in [6.45, 7) is 4.38. The molecule has 2 heterocycles. The van der Waals surface area contributed by atoms with Crippen LogP contribution in [-0.4, -0.2) is 41.1 Å². The predicted molar refractivity (Wildman–Crippen MR) is 52.4 cm³/mol.